The number of Topliss-reactive ketones (excluding diaryl/α,β-unsaturated/α-hetero) is 1. The molecule has 0 aliphatic rings. The second kappa shape index (κ2) is 9.08. The number of ketones is 1. The maximum absolute atomic E-state index is 13.0. The molecule has 0 saturated carbocycles. The summed E-state index contributed by atoms with van der Waals surface area (Å²) in [5, 5.41) is 6.50. The molecule has 0 spiro atoms. The Morgan fingerprint density at radius 2 is 1.59 bits per heavy atom. The minimum atomic E-state index is -0.743. The zero-order valence-electron chi connectivity index (χ0n) is 17.3. The molecule has 3 aromatic carbocycles. The molecule has 2 amide bonds. The van der Waals surface area contributed by atoms with Gasteiger partial charge in [-0.1, -0.05) is 41.9 Å². The van der Waals surface area contributed by atoms with Crippen molar-refractivity contribution < 1.29 is 14.4 Å². The number of aromatic nitrogens is 1. The Balaban J connectivity index is 1.58. The summed E-state index contributed by atoms with van der Waals surface area (Å²) in [6, 6.07) is 21.3. The largest absolute Gasteiger partial charge is 0.355 e. The molecule has 0 unspecified atom stereocenters. The summed E-state index contributed by atoms with van der Waals surface area (Å²) in [5.41, 5.74) is 3.10. The second-order valence-electron chi connectivity index (χ2n) is 7.25. The first-order valence-corrected chi connectivity index (χ1v) is 10.3. The highest BCUT2D eigenvalue weighted by atomic mass is 35.5. The molecule has 0 atom stereocenters. The Kier molecular flexibility index (Phi) is 6.05. The fraction of sp³-hybridized carbons (Fsp3) is 0.0800. The first-order valence-electron chi connectivity index (χ1n) is 9.96. The third kappa shape index (κ3) is 4.40. The number of carbonyl (C=O) groups is 3. The van der Waals surface area contributed by atoms with Crippen LogP contribution in [-0.4, -0.2) is 29.2 Å². The molecule has 0 radical (unpaired) electrons. The molecule has 7 heteroatoms. The van der Waals surface area contributed by atoms with E-state index in [1.807, 2.05) is 53.1 Å². The number of anilines is 1. The Morgan fingerprint density at radius 3 is 2.28 bits per heavy atom. The average molecular weight is 446 g/mol. The van der Waals surface area contributed by atoms with Gasteiger partial charge in [0.25, 0.3) is 17.6 Å². The molecule has 4 rings (SSSR count). The van der Waals surface area contributed by atoms with Gasteiger partial charge in [-0.15, -0.1) is 0 Å². The molecular formula is C25H20ClN3O3. The first-order chi connectivity index (χ1) is 15.5. The van der Waals surface area contributed by atoms with E-state index in [1.54, 1.807) is 37.5 Å². The van der Waals surface area contributed by atoms with Crippen molar-refractivity contribution in [1.29, 1.82) is 0 Å². The van der Waals surface area contributed by atoms with E-state index in [0.717, 1.165) is 11.1 Å². The molecule has 0 saturated heterocycles. The molecule has 1 aromatic heterocycles. The van der Waals surface area contributed by atoms with Crippen LogP contribution in [0.3, 0.4) is 0 Å². The van der Waals surface area contributed by atoms with E-state index >= 15 is 0 Å². The van der Waals surface area contributed by atoms with Crippen LogP contribution in [0.25, 0.3) is 10.9 Å². The van der Waals surface area contributed by atoms with Crippen molar-refractivity contribution in [1.82, 2.24) is 9.88 Å². The topological polar surface area (TPSA) is 80.2 Å². The van der Waals surface area contributed by atoms with Gasteiger partial charge in [-0.25, -0.2) is 0 Å². The lowest BCUT2D eigenvalue weighted by Crippen LogP contribution is -2.23. The molecule has 0 bridgehead atoms. The summed E-state index contributed by atoms with van der Waals surface area (Å²) in [5.74, 6) is -1.61. The van der Waals surface area contributed by atoms with Gasteiger partial charge in [0.15, 0.2) is 0 Å². The zero-order chi connectivity index (χ0) is 22.7. The fourth-order valence-electron chi connectivity index (χ4n) is 3.50. The van der Waals surface area contributed by atoms with Gasteiger partial charge in [-0.05, 0) is 48.0 Å². The van der Waals surface area contributed by atoms with Crippen LogP contribution in [0.5, 0.6) is 0 Å². The smallest absolute Gasteiger partial charge is 0.296 e. The summed E-state index contributed by atoms with van der Waals surface area (Å²) in [7, 11) is 1.54. The summed E-state index contributed by atoms with van der Waals surface area (Å²) in [6.45, 7) is 0.535. The number of hydrogen-bond acceptors (Lipinski definition) is 3. The first kappa shape index (κ1) is 21.3. The second-order valence-corrected chi connectivity index (χ2v) is 7.69. The molecular weight excluding hydrogens is 426 g/mol. The SMILES string of the molecule is CNC(=O)c1ccc(NC(=O)C(=O)c2cn(Cc3ccc(Cl)cc3)c3ccccc23)cc1. The number of benzene rings is 3. The lowest BCUT2D eigenvalue weighted by molar-refractivity contribution is -0.112. The summed E-state index contributed by atoms with van der Waals surface area (Å²) in [4.78, 5) is 37.3. The van der Waals surface area contributed by atoms with Crippen molar-refractivity contribution >= 4 is 45.8 Å². The van der Waals surface area contributed by atoms with Crippen molar-refractivity contribution in [3.8, 4) is 0 Å². The monoisotopic (exact) mass is 445 g/mol. The van der Waals surface area contributed by atoms with Crippen molar-refractivity contribution in [2.24, 2.45) is 0 Å². The molecule has 0 aliphatic carbocycles. The van der Waals surface area contributed by atoms with Crippen molar-refractivity contribution in [2.75, 3.05) is 12.4 Å². The fourth-order valence-corrected chi connectivity index (χ4v) is 3.63. The normalized spacial score (nSPS) is 10.7. The number of fused-ring (bicyclic) bond motifs is 1. The number of amides is 2. The minimum absolute atomic E-state index is 0.229. The van der Waals surface area contributed by atoms with Gasteiger partial charge in [0.1, 0.15) is 0 Å². The predicted molar refractivity (Wildman–Crippen MR) is 125 cm³/mol. The number of hydrogen-bond donors (Lipinski definition) is 2. The average Bonchev–Trinajstić information content (AvgIpc) is 3.18. The Morgan fingerprint density at radius 1 is 0.906 bits per heavy atom. The lowest BCUT2D eigenvalue weighted by Gasteiger charge is -2.06. The van der Waals surface area contributed by atoms with Crippen molar-refractivity contribution in [3.63, 3.8) is 0 Å². The van der Waals surface area contributed by atoms with E-state index in [2.05, 4.69) is 10.6 Å². The molecule has 0 fully saturated rings. The van der Waals surface area contributed by atoms with Gasteiger partial charge in [0.2, 0.25) is 0 Å². The molecule has 2 N–H and O–H groups in total. The van der Waals surface area contributed by atoms with Crippen LogP contribution in [-0.2, 0) is 11.3 Å². The standard InChI is InChI=1S/C25H20ClN3O3/c1-27-24(31)17-8-12-19(13-9-17)28-25(32)23(30)21-15-29(22-5-3-2-4-20(21)22)14-16-6-10-18(26)11-7-16/h2-13,15H,14H2,1H3,(H,27,31)(H,28,32). The number of nitrogens with zero attached hydrogens (tertiary/aromatic N) is 1. The van der Waals surface area contributed by atoms with E-state index in [1.165, 1.54) is 0 Å². The van der Waals surface area contributed by atoms with Gasteiger partial charge in [0.05, 0.1) is 5.56 Å². The van der Waals surface area contributed by atoms with Gasteiger partial charge in [-0.3, -0.25) is 14.4 Å². The number of para-hydroxylation sites is 1. The van der Waals surface area contributed by atoms with Gasteiger partial charge in [0, 0.05) is 47.0 Å². The third-order valence-electron chi connectivity index (χ3n) is 5.14. The van der Waals surface area contributed by atoms with E-state index in [4.69, 9.17) is 11.6 Å². The van der Waals surface area contributed by atoms with Crippen LogP contribution < -0.4 is 10.6 Å². The summed E-state index contributed by atoms with van der Waals surface area (Å²) < 4.78 is 1.94. The van der Waals surface area contributed by atoms with E-state index in [9.17, 15) is 14.4 Å². The Hall–Kier alpha value is -3.90. The molecule has 4 aromatic rings. The van der Waals surface area contributed by atoms with Crippen LogP contribution in [0.4, 0.5) is 5.69 Å². The highest BCUT2D eigenvalue weighted by Gasteiger charge is 2.22. The third-order valence-corrected chi connectivity index (χ3v) is 5.39. The van der Waals surface area contributed by atoms with Gasteiger partial charge in [-0.2, -0.15) is 0 Å². The number of nitrogens with one attached hydrogen (secondary N) is 2. The molecule has 160 valence electrons. The summed E-state index contributed by atoms with van der Waals surface area (Å²) >= 11 is 5.97. The van der Waals surface area contributed by atoms with Crippen LogP contribution >= 0.6 is 11.6 Å². The lowest BCUT2D eigenvalue weighted by atomic mass is 10.1. The molecule has 32 heavy (non-hydrogen) atoms. The number of rotatable bonds is 6. The maximum Gasteiger partial charge on any atom is 0.296 e. The Labute approximate surface area is 189 Å². The highest BCUT2D eigenvalue weighted by Crippen LogP contribution is 2.24. The molecule has 6 nitrogen and oxygen atoms in total. The summed E-state index contributed by atoms with van der Waals surface area (Å²) in [6.07, 6.45) is 1.70. The van der Waals surface area contributed by atoms with Crippen LogP contribution in [0.15, 0.2) is 79.0 Å². The van der Waals surface area contributed by atoms with Crippen molar-refractivity contribution in [2.45, 2.75) is 6.54 Å². The van der Waals surface area contributed by atoms with Crippen LogP contribution in [0, 0.1) is 0 Å². The van der Waals surface area contributed by atoms with Crippen LogP contribution in [0.2, 0.25) is 5.02 Å². The van der Waals surface area contributed by atoms with E-state index < -0.39 is 11.7 Å². The zero-order valence-corrected chi connectivity index (χ0v) is 18.0. The highest BCUT2D eigenvalue weighted by molar-refractivity contribution is 6.48. The number of halogens is 1. The van der Waals surface area contributed by atoms with E-state index in [-0.39, 0.29) is 5.91 Å². The maximum atomic E-state index is 13.0. The van der Waals surface area contributed by atoms with Gasteiger partial charge < -0.3 is 15.2 Å². The number of carbonyl (C=O) groups excluding carboxylic acids is 3. The van der Waals surface area contributed by atoms with Crippen molar-refractivity contribution in [3.05, 3.63) is 101 Å². The van der Waals surface area contributed by atoms with Crippen LogP contribution in [0.1, 0.15) is 26.3 Å². The Bertz CT molecular complexity index is 1310. The van der Waals surface area contributed by atoms with Gasteiger partial charge >= 0.3 is 0 Å². The minimum Gasteiger partial charge on any atom is -0.355 e. The van der Waals surface area contributed by atoms with E-state index in [0.29, 0.717) is 33.8 Å². The quantitative estimate of drug-likeness (QED) is 0.338. The predicted octanol–water partition coefficient (Wildman–Crippen LogP) is 4.52. The molecule has 1 heterocycles. The molecule has 0 aliphatic heterocycles.